The van der Waals surface area contributed by atoms with Crippen LogP contribution in [0.25, 0.3) is 0 Å². The molecule has 0 aliphatic rings. The molecule has 1 aromatic carbocycles. The Morgan fingerprint density at radius 1 is 1.00 bits per heavy atom. The van der Waals surface area contributed by atoms with Crippen LogP contribution in [0.1, 0.15) is 32.3 Å². The SMILES string of the molecule is CC(C)C[C@H](N)C(=O)N[C@@H](Cc1ccccc1)C(=O)N[C@@H](CC(N)=O)C(=O)O. The van der Waals surface area contributed by atoms with Crippen LogP contribution >= 0.6 is 0 Å². The number of carboxylic acid groups (broad SMARTS) is 1. The molecule has 9 nitrogen and oxygen atoms in total. The molecule has 9 heteroatoms. The highest BCUT2D eigenvalue weighted by Gasteiger charge is 2.29. The Bertz CT molecular complexity index is 693. The molecule has 1 aromatic rings. The maximum atomic E-state index is 12.6. The van der Waals surface area contributed by atoms with Crippen molar-refractivity contribution < 1.29 is 24.3 Å². The summed E-state index contributed by atoms with van der Waals surface area (Å²) in [6.45, 7) is 3.84. The fraction of sp³-hybridized carbons (Fsp3) is 0.474. The van der Waals surface area contributed by atoms with E-state index in [9.17, 15) is 24.3 Å². The van der Waals surface area contributed by atoms with Gasteiger partial charge >= 0.3 is 5.97 Å². The number of carbonyl (C=O) groups is 4. The van der Waals surface area contributed by atoms with E-state index in [0.29, 0.717) is 6.42 Å². The molecule has 3 amide bonds. The maximum absolute atomic E-state index is 12.6. The highest BCUT2D eigenvalue weighted by molar-refractivity contribution is 5.93. The predicted molar refractivity (Wildman–Crippen MR) is 103 cm³/mol. The molecule has 7 N–H and O–H groups in total. The molecule has 0 spiro atoms. The van der Waals surface area contributed by atoms with Crippen LogP contribution in [-0.2, 0) is 25.6 Å². The smallest absolute Gasteiger partial charge is 0.326 e. The molecule has 28 heavy (non-hydrogen) atoms. The van der Waals surface area contributed by atoms with Gasteiger partial charge in [-0.25, -0.2) is 4.79 Å². The third-order valence-electron chi connectivity index (χ3n) is 4.00. The molecule has 0 aliphatic heterocycles. The van der Waals surface area contributed by atoms with E-state index >= 15 is 0 Å². The molecular formula is C19H28N4O5. The molecule has 0 radical (unpaired) electrons. The molecule has 0 heterocycles. The second kappa shape index (κ2) is 11.0. The van der Waals surface area contributed by atoms with Crippen LogP contribution in [0.3, 0.4) is 0 Å². The predicted octanol–water partition coefficient (Wildman–Crippen LogP) is -0.468. The van der Waals surface area contributed by atoms with E-state index in [1.54, 1.807) is 24.3 Å². The number of benzene rings is 1. The van der Waals surface area contributed by atoms with E-state index in [0.717, 1.165) is 5.56 Å². The van der Waals surface area contributed by atoms with E-state index in [-0.39, 0.29) is 12.3 Å². The minimum absolute atomic E-state index is 0.135. The van der Waals surface area contributed by atoms with Crippen LogP contribution in [0.2, 0.25) is 0 Å². The Labute approximate surface area is 163 Å². The number of carbonyl (C=O) groups excluding carboxylic acids is 3. The molecule has 0 bridgehead atoms. The minimum atomic E-state index is -1.48. The van der Waals surface area contributed by atoms with Gasteiger partial charge < -0.3 is 27.2 Å². The lowest BCUT2D eigenvalue weighted by atomic mass is 10.0. The molecule has 0 saturated heterocycles. The van der Waals surface area contributed by atoms with E-state index in [1.807, 2.05) is 19.9 Å². The first kappa shape index (κ1) is 23.1. The Hall–Kier alpha value is -2.94. The van der Waals surface area contributed by atoms with Crippen molar-refractivity contribution in [2.24, 2.45) is 17.4 Å². The van der Waals surface area contributed by atoms with Gasteiger partial charge in [0.05, 0.1) is 12.5 Å². The first-order chi connectivity index (χ1) is 13.1. The van der Waals surface area contributed by atoms with Crippen LogP contribution < -0.4 is 22.1 Å². The maximum Gasteiger partial charge on any atom is 0.326 e. The van der Waals surface area contributed by atoms with Gasteiger partial charge in [-0.1, -0.05) is 44.2 Å². The standard InChI is InChI=1S/C19H28N4O5/c1-11(2)8-13(20)17(25)22-14(9-12-6-4-3-5-7-12)18(26)23-15(19(27)28)10-16(21)24/h3-7,11,13-15H,8-10,20H2,1-2H3,(H2,21,24)(H,22,25)(H,23,26)(H,27,28)/t13-,14-,15-/m0/s1. The zero-order chi connectivity index (χ0) is 21.3. The van der Waals surface area contributed by atoms with Gasteiger partial charge in [0.15, 0.2) is 0 Å². The normalized spacial score (nSPS) is 14.0. The summed E-state index contributed by atoms with van der Waals surface area (Å²) in [6, 6.07) is 5.59. The minimum Gasteiger partial charge on any atom is -0.480 e. The molecular weight excluding hydrogens is 364 g/mol. The highest BCUT2D eigenvalue weighted by atomic mass is 16.4. The summed E-state index contributed by atoms with van der Waals surface area (Å²) in [5.74, 6) is -3.31. The van der Waals surface area contributed by atoms with Crippen LogP contribution in [0, 0.1) is 5.92 Å². The molecule has 1 rings (SSSR count). The number of hydrogen-bond acceptors (Lipinski definition) is 5. The largest absolute Gasteiger partial charge is 0.480 e. The number of aliphatic carboxylic acids is 1. The second-order valence-electron chi connectivity index (χ2n) is 7.06. The number of hydrogen-bond donors (Lipinski definition) is 5. The van der Waals surface area contributed by atoms with Crippen molar-refractivity contribution in [3.05, 3.63) is 35.9 Å². The van der Waals surface area contributed by atoms with E-state index < -0.39 is 48.2 Å². The Morgan fingerprint density at radius 2 is 1.57 bits per heavy atom. The summed E-state index contributed by atoms with van der Waals surface area (Å²) in [5, 5.41) is 14.0. The number of primary amides is 1. The lowest BCUT2D eigenvalue weighted by Crippen LogP contribution is -2.55. The summed E-state index contributed by atoms with van der Waals surface area (Å²) in [6.07, 6.45) is 0.0145. The van der Waals surface area contributed by atoms with E-state index in [4.69, 9.17) is 11.5 Å². The molecule has 0 saturated carbocycles. The van der Waals surface area contributed by atoms with Crippen LogP contribution in [0.4, 0.5) is 0 Å². The van der Waals surface area contributed by atoms with Crippen LogP contribution in [0.5, 0.6) is 0 Å². The zero-order valence-corrected chi connectivity index (χ0v) is 16.1. The van der Waals surface area contributed by atoms with Crippen molar-refractivity contribution in [3.63, 3.8) is 0 Å². The number of carboxylic acids is 1. The fourth-order valence-electron chi connectivity index (χ4n) is 2.63. The average Bonchev–Trinajstić information content (AvgIpc) is 2.60. The summed E-state index contributed by atoms with van der Waals surface area (Å²) >= 11 is 0. The monoisotopic (exact) mass is 392 g/mol. The highest BCUT2D eigenvalue weighted by Crippen LogP contribution is 2.07. The van der Waals surface area contributed by atoms with Crippen molar-refractivity contribution in [2.45, 2.75) is 51.2 Å². The van der Waals surface area contributed by atoms with Crippen LogP contribution in [0.15, 0.2) is 30.3 Å². The third-order valence-corrected chi connectivity index (χ3v) is 4.00. The lowest BCUT2D eigenvalue weighted by molar-refractivity contribution is -0.143. The van der Waals surface area contributed by atoms with Crippen molar-refractivity contribution in [3.8, 4) is 0 Å². The molecule has 0 aromatic heterocycles. The number of amides is 3. The first-order valence-electron chi connectivity index (χ1n) is 9.01. The number of nitrogens with two attached hydrogens (primary N) is 2. The van der Waals surface area contributed by atoms with Gasteiger partial charge in [0.1, 0.15) is 12.1 Å². The van der Waals surface area contributed by atoms with Crippen molar-refractivity contribution in [1.29, 1.82) is 0 Å². The quantitative estimate of drug-likeness (QED) is 0.342. The van der Waals surface area contributed by atoms with E-state index in [2.05, 4.69) is 10.6 Å². The van der Waals surface area contributed by atoms with Crippen molar-refractivity contribution in [2.75, 3.05) is 0 Å². The van der Waals surface area contributed by atoms with Gasteiger partial charge in [-0.3, -0.25) is 14.4 Å². The summed E-state index contributed by atoms with van der Waals surface area (Å²) < 4.78 is 0. The Morgan fingerprint density at radius 3 is 2.07 bits per heavy atom. The van der Waals surface area contributed by atoms with Crippen molar-refractivity contribution >= 4 is 23.7 Å². The molecule has 3 atom stereocenters. The Balaban J connectivity index is 2.95. The average molecular weight is 392 g/mol. The summed E-state index contributed by atoms with van der Waals surface area (Å²) in [7, 11) is 0. The van der Waals surface area contributed by atoms with Crippen molar-refractivity contribution in [1.82, 2.24) is 10.6 Å². The first-order valence-corrected chi connectivity index (χ1v) is 9.01. The van der Waals surface area contributed by atoms with Gasteiger partial charge in [0.2, 0.25) is 17.7 Å². The van der Waals surface area contributed by atoms with Gasteiger partial charge in [-0.15, -0.1) is 0 Å². The molecule has 0 unspecified atom stereocenters. The van der Waals surface area contributed by atoms with Crippen LogP contribution in [-0.4, -0.2) is 46.9 Å². The molecule has 0 fully saturated rings. The lowest BCUT2D eigenvalue weighted by Gasteiger charge is -2.23. The topological polar surface area (TPSA) is 165 Å². The van der Waals surface area contributed by atoms with Gasteiger partial charge in [-0.2, -0.15) is 0 Å². The molecule has 0 aliphatic carbocycles. The van der Waals surface area contributed by atoms with Gasteiger partial charge in [0.25, 0.3) is 0 Å². The summed E-state index contributed by atoms with van der Waals surface area (Å²) in [4.78, 5) is 47.3. The molecule has 154 valence electrons. The number of nitrogens with one attached hydrogen (secondary N) is 2. The van der Waals surface area contributed by atoms with Gasteiger partial charge in [-0.05, 0) is 17.9 Å². The third kappa shape index (κ3) is 8.17. The fourth-order valence-corrected chi connectivity index (χ4v) is 2.63. The Kier molecular flexibility index (Phi) is 9.10. The van der Waals surface area contributed by atoms with Gasteiger partial charge in [0, 0.05) is 6.42 Å². The summed E-state index contributed by atoms with van der Waals surface area (Å²) in [5.41, 5.74) is 11.7. The number of rotatable bonds is 11. The second-order valence-corrected chi connectivity index (χ2v) is 7.06. The zero-order valence-electron chi connectivity index (χ0n) is 16.1. The van der Waals surface area contributed by atoms with E-state index in [1.165, 1.54) is 0 Å².